The van der Waals surface area contributed by atoms with Crippen LogP contribution >= 0.6 is 11.6 Å². The summed E-state index contributed by atoms with van der Waals surface area (Å²) in [7, 11) is 0. The van der Waals surface area contributed by atoms with Gasteiger partial charge in [0.2, 0.25) is 0 Å². The molecule has 0 saturated carbocycles. The summed E-state index contributed by atoms with van der Waals surface area (Å²) >= 11 is 5.87. The molecule has 0 aromatic heterocycles. The summed E-state index contributed by atoms with van der Waals surface area (Å²) in [6.45, 7) is 0.540. The number of fused-ring (bicyclic) bond motifs is 1. The van der Waals surface area contributed by atoms with Crippen molar-refractivity contribution in [2.24, 2.45) is 0 Å². The van der Waals surface area contributed by atoms with Gasteiger partial charge < -0.3 is 9.84 Å². The SMILES string of the molecule is O[C@@H]1CCOc2c(Cl)cccc21. The molecular weight excluding hydrogens is 176 g/mol. The smallest absolute Gasteiger partial charge is 0.143 e. The number of aliphatic hydroxyl groups excluding tert-OH is 1. The molecular formula is C9H9ClO2. The number of ether oxygens (including phenoxy) is 1. The molecule has 0 fully saturated rings. The minimum atomic E-state index is -0.424. The summed E-state index contributed by atoms with van der Waals surface area (Å²) in [5.74, 6) is 0.637. The minimum Gasteiger partial charge on any atom is -0.492 e. The van der Waals surface area contributed by atoms with E-state index in [0.717, 1.165) is 5.56 Å². The highest BCUT2D eigenvalue weighted by molar-refractivity contribution is 6.32. The first-order valence-corrected chi connectivity index (χ1v) is 4.26. The first-order chi connectivity index (χ1) is 5.79. The topological polar surface area (TPSA) is 29.5 Å². The maximum Gasteiger partial charge on any atom is 0.143 e. The average Bonchev–Trinajstić information content (AvgIpc) is 2.07. The molecule has 3 heteroatoms. The van der Waals surface area contributed by atoms with Crippen LogP contribution in [0.5, 0.6) is 5.75 Å². The quantitative estimate of drug-likeness (QED) is 0.670. The lowest BCUT2D eigenvalue weighted by Crippen LogP contribution is -2.13. The molecule has 1 atom stereocenters. The summed E-state index contributed by atoms with van der Waals surface area (Å²) in [4.78, 5) is 0. The molecule has 1 aromatic carbocycles. The maximum absolute atomic E-state index is 9.55. The van der Waals surface area contributed by atoms with E-state index in [1.54, 1.807) is 6.07 Å². The number of hydrogen-bond acceptors (Lipinski definition) is 2. The summed E-state index contributed by atoms with van der Waals surface area (Å²) in [5, 5.41) is 10.1. The molecule has 1 N–H and O–H groups in total. The zero-order valence-electron chi connectivity index (χ0n) is 6.46. The van der Waals surface area contributed by atoms with Crippen LogP contribution < -0.4 is 4.74 Å². The number of para-hydroxylation sites is 1. The fourth-order valence-electron chi connectivity index (χ4n) is 1.37. The highest BCUT2D eigenvalue weighted by Crippen LogP contribution is 2.37. The van der Waals surface area contributed by atoms with E-state index in [1.807, 2.05) is 12.1 Å². The first-order valence-electron chi connectivity index (χ1n) is 3.88. The highest BCUT2D eigenvalue weighted by Gasteiger charge is 2.20. The molecule has 0 bridgehead atoms. The third-order valence-electron chi connectivity index (χ3n) is 1.99. The second-order valence-corrected chi connectivity index (χ2v) is 3.22. The number of aliphatic hydroxyl groups is 1. The first kappa shape index (κ1) is 7.90. The van der Waals surface area contributed by atoms with Gasteiger partial charge in [-0.15, -0.1) is 0 Å². The van der Waals surface area contributed by atoms with Crippen LogP contribution in [0.15, 0.2) is 18.2 Å². The van der Waals surface area contributed by atoms with Gasteiger partial charge in [-0.1, -0.05) is 23.7 Å². The summed E-state index contributed by atoms with van der Waals surface area (Å²) in [6.07, 6.45) is 0.223. The van der Waals surface area contributed by atoms with Gasteiger partial charge in [0.25, 0.3) is 0 Å². The van der Waals surface area contributed by atoms with Crippen molar-refractivity contribution in [1.82, 2.24) is 0 Å². The largest absolute Gasteiger partial charge is 0.492 e. The van der Waals surface area contributed by atoms with E-state index in [1.165, 1.54) is 0 Å². The van der Waals surface area contributed by atoms with Crippen molar-refractivity contribution < 1.29 is 9.84 Å². The fraction of sp³-hybridized carbons (Fsp3) is 0.333. The van der Waals surface area contributed by atoms with E-state index in [9.17, 15) is 5.11 Å². The van der Waals surface area contributed by atoms with Crippen molar-refractivity contribution in [3.8, 4) is 5.75 Å². The Bertz CT molecular complexity index is 299. The van der Waals surface area contributed by atoms with E-state index >= 15 is 0 Å². The Hall–Kier alpha value is -0.730. The van der Waals surface area contributed by atoms with Crippen molar-refractivity contribution in [3.63, 3.8) is 0 Å². The van der Waals surface area contributed by atoms with Gasteiger partial charge in [-0.25, -0.2) is 0 Å². The lowest BCUT2D eigenvalue weighted by molar-refractivity contribution is 0.115. The Labute approximate surface area is 75.7 Å². The van der Waals surface area contributed by atoms with Crippen LogP contribution in [-0.4, -0.2) is 11.7 Å². The van der Waals surface area contributed by atoms with E-state index in [0.29, 0.717) is 23.8 Å². The van der Waals surface area contributed by atoms with Gasteiger partial charge in [-0.05, 0) is 6.07 Å². The van der Waals surface area contributed by atoms with Gasteiger partial charge in [0.1, 0.15) is 5.75 Å². The van der Waals surface area contributed by atoms with Gasteiger partial charge >= 0.3 is 0 Å². The van der Waals surface area contributed by atoms with Gasteiger partial charge in [0, 0.05) is 12.0 Å². The Morgan fingerprint density at radius 3 is 3.08 bits per heavy atom. The lowest BCUT2D eigenvalue weighted by atomic mass is 10.0. The van der Waals surface area contributed by atoms with Crippen LogP contribution in [0.1, 0.15) is 18.1 Å². The fourth-order valence-corrected chi connectivity index (χ4v) is 1.60. The molecule has 0 spiro atoms. The average molecular weight is 185 g/mol. The van der Waals surface area contributed by atoms with E-state index in [-0.39, 0.29) is 0 Å². The zero-order chi connectivity index (χ0) is 8.55. The predicted molar refractivity (Wildman–Crippen MR) is 46.5 cm³/mol. The summed E-state index contributed by atoms with van der Waals surface area (Å²) < 4.78 is 5.33. The zero-order valence-corrected chi connectivity index (χ0v) is 7.21. The van der Waals surface area contributed by atoms with Gasteiger partial charge in [0.15, 0.2) is 0 Å². The molecule has 0 radical (unpaired) electrons. The van der Waals surface area contributed by atoms with Gasteiger partial charge in [0.05, 0.1) is 17.7 Å². The van der Waals surface area contributed by atoms with Gasteiger partial charge in [-0.3, -0.25) is 0 Å². The second-order valence-electron chi connectivity index (χ2n) is 2.81. The predicted octanol–water partition coefficient (Wildman–Crippen LogP) is 2.16. The number of benzene rings is 1. The third kappa shape index (κ3) is 1.17. The molecule has 1 aromatic rings. The standard InChI is InChI=1S/C9H9ClO2/c10-7-3-1-2-6-8(11)4-5-12-9(6)7/h1-3,8,11H,4-5H2/t8-/m1/s1. The third-order valence-corrected chi connectivity index (χ3v) is 2.29. The molecule has 1 aliphatic heterocycles. The van der Waals surface area contributed by atoms with Crippen LogP contribution in [0.3, 0.4) is 0 Å². The number of hydrogen-bond donors (Lipinski definition) is 1. The molecule has 2 rings (SSSR count). The van der Waals surface area contributed by atoms with Crippen molar-refractivity contribution in [2.45, 2.75) is 12.5 Å². The van der Waals surface area contributed by atoms with Crippen molar-refractivity contribution in [1.29, 1.82) is 0 Å². The molecule has 64 valence electrons. The van der Waals surface area contributed by atoms with E-state index in [2.05, 4.69) is 0 Å². The molecule has 2 nitrogen and oxygen atoms in total. The van der Waals surface area contributed by atoms with Crippen molar-refractivity contribution in [2.75, 3.05) is 6.61 Å². The van der Waals surface area contributed by atoms with E-state index < -0.39 is 6.10 Å². The van der Waals surface area contributed by atoms with Crippen LogP contribution in [-0.2, 0) is 0 Å². The van der Waals surface area contributed by atoms with Crippen molar-refractivity contribution >= 4 is 11.6 Å². The Morgan fingerprint density at radius 1 is 1.50 bits per heavy atom. The molecule has 12 heavy (non-hydrogen) atoms. The summed E-state index contributed by atoms with van der Waals surface area (Å²) in [6, 6.07) is 5.42. The second kappa shape index (κ2) is 2.96. The van der Waals surface area contributed by atoms with Crippen LogP contribution in [0.4, 0.5) is 0 Å². The number of halogens is 1. The molecule has 0 aliphatic carbocycles. The molecule has 1 aliphatic rings. The Morgan fingerprint density at radius 2 is 2.33 bits per heavy atom. The van der Waals surface area contributed by atoms with E-state index in [4.69, 9.17) is 16.3 Å². The monoisotopic (exact) mass is 184 g/mol. The Balaban J connectivity index is 2.52. The highest BCUT2D eigenvalue weighted by atomic mass is 35.5. The van der Waals surface area contributed by atoms with Crippen LogP contribution in [0.25, 0.3) is 0 Å². The lowest BCUT2D eigenvalue weighted by Gasteiger charge is -2.22. The van der Waals surface area contributed by atoms with Crippen LogP contribution in [0.2, 0.25) is 5.02 Å². The normalized spacial score (nSPS) is 21.3. The van der Waals surface area contributed by atoms with Crippen LogP contribution in [0, 0.1) is 0 Å². The molecule has 0 amide bonds. The minimum absolute atomic E-state index is 0.424. The van der Waals surface area contributed by atoms with Gasteiger partial charge in [-0.2, -0.15) is 0 Å². The number of rotatable bonds is 0. The maximum atomic E-state index is 9.55. The molecule has 0 unspecified atom stereocenters. The molecule has 0 saturated heterocycles. The van der Waals surface area contributed by atoms with Crippen molar-refractivity contribution in [3.05, 3.63) is 28.8 Å². The molecule has 1 heterocycles. The Kier molecular flexibility index (Phi) is 1.95. The summed E-state index contributed by atoms with van der Waals surface area (Å²) in [5.41, 5.74) is 0.800.